The van der Waals surface area contributed by atoms with Gasteiger partial charge in [-0.05, 0) is 20.5 Å². The number of rotatable bonds is 5. The molecule has 6 heteroatoms. The van der Waals surface area contributed by atoms with Crippen LogP contribution in [0.5, 0.6) is 0 Å². The highest BCUT2D eigenvalue weighted by Crippen LogP contribution is 2.14. The van der Waals surface area contributed by atoms with Gasteiger partial charge in [0.2, 0.25) is 0 Å². The minimum Gasteiger partial charge on any atom is -0.379 e. The Morgan fingerprint density at radius 1 is 1.50 bits per heavy atom. The van der Waals surface area contributed by atoms with Gasteiger partial charge in [-0.2, -0.15) is 0 Å². The van der Waals surface area contributed by atoms with Crippen molar-refractivity contribution < 1.29 is 9.53 Å². The Morgan fingerprint density at radius 3 is 3.05 bits per heavy atom. The van der Waals surface area contributed by atoms with Crippen molar-refractivity contribution in [2.75, 3.05) is 46.9 Å². The summed E-state index contributed by atoms with van der Waals surface area (Å²) in [6.45, 7) is 5.64. The molecule has 1 aliphatic rings. The van der Waals surface area contributed by atoms with Gasteiger partial charge in [0, 0.05) is 31.7 Å². The Kier molecular flexibility index (Phi) is 6.27. The first-order valence-corrected chi connectivity index (χ1v) is 7.92. The molecule has 1 amide bonds. The molecule has 0 radical (unpaired) electrons. The third-order valence-corrected chi connectivity index (χ3v) is 3.76. The summed E-state index contributed by atoms with van der Waals surface area (Å²) in [5.74, 6) is 0.360. The molecule has 0 spiro atoms. The van der Waals surface area contributed by atoms with Crippen LogP contribution in [0.4, 0.5) is 0 Å². The molecule has 22 heavy (non-hydrogen) atoms. The molecule has 0 unspecified atom stereocenters. The summed E-state index contributed by atoms with van der Waals surface area (Å²) >= 11 is 0. The van der Waals surface area contributed by atoms with Gasteiger partial charge in [0.25, 0.3) is 5.91 Å². The maximum Gasteiger partial charge on any atom is 0.257 e. The van der Waals surface area contributed by atoms with Gasteiger partial charge < -0.3 is 14.5 Å². The quantitative estimate of drug-likeness (QED) is 0.815. The van der Waals surface area contributed by atoms with E-state index in [0.717, 1.165) is 31.6 Å². The van der Waals surface area contributed by atoms with Crippen molar-refractivity contribution in [3.63, 3.8) is 0 Å². The highest BCUT2D eigenvalue weighted by molar-refractivity contribution is 5.95. The molecule has 2 heterocycles. The number of carbonyl (C=O) groups excluding carboxylic acids is 1. The Labute approximate surface area is 132 Å². The fourth-order valence-electron chi connectivity index (χ4n) is 2.83. The lowest BCUT2D eigenvalue weighted by atomic mass is 10.1. The standard InChI is InChI=1S/C16H26N4O2/c1-4-5-15-14(8-17-12-18-15)16(21)20-6-7-22-11-13(10-20)9-19(2)3/h8,12-13H,4-7,9-11H2,1-3H3/t13-/m0/s1. The van der Waals surface area contributed by atoms with Crippen molar-refractivity contribution in [1.82, 2.24) is 19.8 Å². The van der Waals surface area contributed by atoms with Gasteiger partial charge in [-0.15, -0.1) is 0 Å². The summed E-state index contributed by atoms with van der Waals surface area (Å²) < 4.78 is 5.65. The topological polar surface area (TPSA) is 58.6 Å². The Morgan fingerprint density at radius 2 is 2.32 bits per heavy atom. The highest BCUT2D eigenvalue weighted by Gasteiger charge is 2.25. The largest absolute Gasteiger partial charge is 0.379 e. The molecule has 0 bridgehead atoms. The zero-order chi connectivity index (χ0) is 15.9. The van der Waals surface area contributed by atoms with Crippen molar-refractivity contribution in [2.24, 2.45) is 5.92 Å². The van der Waals surface area contributed by atoms with E-state index in [1.807, 2.05) is 19.0 Å². The summed E-state index contributed by atoms with van der Waals surface area (Å²) in [4.78, 5) is 25.2. The first-order chi connectivity index (χ1) is 10.6. The lowest BCUT2D eigenvalue weighted by molar-refractivity contribution is 0.0733. The van der Waals surface area contributed by atoms with Gasteiger partial charge in [-0.1, -0.05) is 13.3 Å². The van der Waals surface area contributed by atoms with Crippen molar-refractivity contribution >= 4 is 5.91 Å². The predicted octanol–water partition coefficient (Wildman–Crippen LogP) is 1.08. The smallest absolute Gasteiger partial charge is 0.257 e. The van der Waals surface area contributed by atoms with Gasteiger partial charge in [-0.25, -0.2) is 9.97 Å². The predicted molar refractivity (Wildman–Crippen MR) is 84.8 cm³/mol. The van der Waals surface area contributed by atoms with Crippen LogP contribution in [-0.2, 0) is 11.2 Å². The number of ether oxygens (including phenoxy) is 1. The molecule has 0 N–H and O–H groups in total. The van der Waals surface area contributed by atoms with E-state index in [0.29, 0.717) is 31.2 Å². The van der Waals surface area contributed by atoms with Crippen LogP contribution in [0.3, 0.4) is 0 Å². The summed E-state index contributed by atoms with van der Waals surface area (Å²) in [6, 6.07) is 0. The van der Waals surface area contributed by atoms with Gasteiger partial charge in [0.15, 0.2) is 0 Å². The third kappa shape index (κ3) is 4.48. The number of aryl methyl sites for hydroxylation is 1. The van der Waals surface area contributed by atoms with E-state index in [1.54, 1.807) is 6.20 Å². The highest BCUT2D eigenvalue weighted by atomic mass is 16.5. The van der Waals surface area contributed by atoms with Gasteiger partial charge >= 0.3 is 0 Å². The number of hydrogen-bond acceptors (Lipinski definition) is 5. The second-order valence-electron chi connectivity index (χ2n) is 6.09. The van der Waals surface area contributed by atoms with E-state index in [1.165, 1.54) is 6.33 Å². The zero-order valence-electron chi connectivity index (χ0n) is 13.8. The van der Waals surface area contributed by atoms with E-state index >= 15 is 0 Å². The van der Waals surface area contributed by atoms with Crippen LogP contribution in [0.1, 0.15) is 29.4 Å². The van der Waals surface area contributed by atoms with Crippen LogP contribution in [-0.4, -0.2) is 72.6 Å². The molecule has 6 nitrogen and oxygen atoms in total. The molecule has 1 saturated heterocycles. The van der Waals surface area contributed by atoms with Gasteiger partial charge in [0.1, 0.15) is 6.33 Å². The third-order valence-electron chi connectivity index (χ3n) is 3.76. The molecule has 1 aromatic rings. The van der Waals surface area contributed by atoms with Crippen LogP contribution in [0.25, 0.3) is 0 Å². The first kappa shape index (κ1) is 16.8. The lowest BCUT2D eigenvalue weighted by Crippen LogP contribution is -2.39. The van der Waals surface area contributed by atoms with E-state index in [-0.39, 0.29) is 5.91 Å². The number of hydrogen-bond donors (Lipinski definition) is 0. The van der Waals surface area contributed by atoms with E-state index in [2.05, 4.69) is 21.8 Å². The van der Waals surface area contributed by atoms with Gasteiger partial charge in [0.05, 0.1) is 24.5 Å². The molecule has 1 atom stereocenters. The van der Waals surface area contributed by atoms with Crippen LogP contribution >= 0.6 is 0 Å². The molecule has 0 aliphatic carbocycles. The molecule has 0 aromatic carbocycles. The van der Waals surface area contributed by atoms with Crippen LogP contribution in [0.2, 0.25) is 0 Å². The molecule has 2 rings (SSSR count). The molecule has 1 aliphatic heterocycles. The Balaban J connectivity index is 2.13. The van der Waals surface area contributed by atoms with Gasteiger partial charge in [-0.3, -0.25) is 4.79 Å². The Hall–Kier alpha value is -1.53. The van der Waals surface area contributed by atoms with E-state index in [4.69, 9.17) is 4.74 Å². The fourth-order valence-corrected chi connectivity index (χ4v) is 2.83. The molecule has 122 valence electrons. The average Bonchev–Trinajstić information content (AvgIpc) is 2.72. The van der Waals surface area contributed by atoms with Crippen molar-refractivity contribution in [2.45, 2.75) is 19.8 Å². The van der Waals surface area contributed by atoms with Crippen LogP contribution < -0.4 is 0 Å². The lowest BCUT2D eigenvalue weighted by Gasteiger charge is -2.25. The minimum absolute atomic E-state index is 0.0262. The first-order valence-electron chi connectivity index (χ1n) is 7.92. The maximum atomic E-state index is 12.9. The monoisotopic (exact) mass is 306 g/mol. The number of aromatic nitrogens is 2. The van der Waals surface area contributed by atoms with Crippen molar-refractivity contribution in [3.8, 4) is 0 Å². The second kappa shape index (κ2) is 8.19. The minimum atomic E-state index is 0.0262. The average molecular weight is 306 g/mol. The van der Waals surface area contributed by atoms with Crippen molar-refractivity contribution in [1.29, 1.82) is 0 Å². The fraction of sp³-hybridized carbons (Fsp3) is 0.688. The maximum absolute atomic E-state index is 12.9. The number of nitrogens with zero attached hydrogens (tertiary/aromatic N) is 4. The SMILES string of the molecule is CCCc1ncncc1C(=O)N1CCOC[C@@H](CN(C)C)C1. The van der Waals surface area contributed by atoms with Crippen LogP contribution in [0, 0.1) is 5.92 Å². The van der Waals surface area contributed by atoms with Crippen molar-refractivity contribution in [3.05, 3.63) is 23.8 Å². The van der Waals surface area contributed by atoms with E-state index < -0.39 is 0 Å². The summed E-state index contributed by atoms with van der Waals surface area (Å²) in [7, 11) is 4.09. The molecule has 1 aromatic heterocycles. The summed E-state index contributed by atoms with van der Waals surface area (Å²) in [5.41, 5.74) is 1.48. The molecule has 0 saturated carbocycles. The summed E-state index contributed by atoms with van der Waals surface area (Å²) in [6.07, 6.45) is 4.92. The molecular weight excluding hydrogens is 280 g/mol. The zero-order valence-corrected chi connectivity index (χ0v) is 13.8. The second-order valence-corrected chi connectivity index (χ2v) is 6.09. The number of amides is 1. The summed E-state index contributed by atoms with van der Waals surface area (Å²) in [5, 5.41) is 0. The number of carbonyl (C=O) groups is 1. The Bertz CT molecular complexity index is 493. The van der Waals surface area contributed by atoms with E-state index in [9.17, 15) is 4.79 Å². The molecule has 1 fully saturated rings. The molecular formula is C16H26N4O2. The normalized spacial score (nSPS) is 19.3. The van der Waals surface area contributed by atoms with Crippen LogP contribution in [0.15, 0.2) is 12.5 Å².